The van der Waals surface area contributed by atoms with E-state index in [-0.39, 0.29) is 0 Å². The summed E-state index contributed by atoms with van der Waals surface area (Å²) in [6.45, 7) is 134. The van der Waals surface area contributed by atoms with Gasteiger partial charge in [-0.1, -0.05) is 0 Å². The standard InChI is InChI=1S/C67H200O33Si32/c1-66-68-132(65,69-67-2)100-131(63,64)99-130(61,62)98-129(59,60)97-128(57,58)96-127(55,56)95-126(53,54)94-125(51,52)93-124(49,50)92-123(47,48)91-122(45,46)90-121(43,44)89-120(41,42)88-119(39,40)87-118(37,38)86-117(35,36)85-116(33,34)84-115(31,32)83-114(29,30)82-113(27,28)81-112(25,26)80-111(23,24)79-110(21,22)78-109(19,20)77-108(17,18)76-107(15,16)75-106(13,14)74-105(11,12)73-104(9,10)72-103(7,8)71-102(5,6)70-101(3)4/h101H,66-67H2,1-65H3. The van der Waals surface area contributed by atoms with Crippen molar-refractivity contribution in [2.24, 2.45) is 0 Å². The maximum absolute atomic E-state index is 7.04. The van der Waals surface area contributed by atoms with Gasteiger partial charge in [-0.25, -0.2) is 0 Å². The Morgan fingerprint density at radius 3 is 0.250 bits per heavy atom. The molecule has 65 heteroatoms. The van der Waals surface area contributed by atoms with Crippen molar-refractivity contribution in [3.63, 3.8) is 0 Å². The van der Waals surface area contributed by atoms with E-state index in [0.717, 1.165) is 0 Å². The van der Waals surface area contributed by atoms with Crippen molar-refractivity contribution in [2.45, 2.75) is 426 Å². The molecule has 0 N–H and O–H groups in total. The van der Waals surface area contributed by atoms with Gasteiger partial charge in [-0.05, 0) is 420 Å². The number of hydrogen-bond donors (Lipinski definition) is 0. The fourth-order valence-corrected chi connectivity index (χ4v) is 183. The molecule has 0 aliphatic rings. The van der Waals surface area contributed by atoms with Crippen LogP contribution in [-0.4, -0.2) is 288 Å². The maximum Gasteiger partial charge on any atom is 0.488 e. The minimum Gasteiger partial charge on any atom is -0.440 e. The molecule has 0 aliphatic heterocycles. The van der Waals surface area contributed by atoms with Crippen LogP contribution in [0.4, 0.5) is 0 Å². The molecule has 0 aromatic rings. The molecule has 132 heavy (non-hydrogen) atoms. The average molecular weight is 2430 g/mol. The summed E-state index contributed by atoms with van der Waals surface area (Å²) in [5, 5.41) is 0. The van der Waals surface area contributed by atoms with E-state index in [1.165, 1.54) is 0 Å². The fraction of sp³-hybridized carbons (Fsp3) is 1.00. The summed E-state index contributed by atoms with van der Waals surface area (Å²) in [5.41, 5.74) is 0. The minimum atomic E-state index is -2.95. The monoisotopic (exact) mass is 2430 g/mol. The Balaban J connectivity index is 5.99. The highest BCUT2D eigenvalue weighted by Crippen LogP contribution is 2.39. The molecule has 0 radical (unpaired) electrons. The topological polar surface area (TPSA) is 305 Å². The molecular weight excluding hydrogens is 2230 g/mol. The summed E-state index contributed by atoms with van der Waals surface area (Å²) in [6.07, 6.45) is 0. The molecule has 0 atom stereocenters. The van der Waals surface area contributed by atoms with Crippen LogP contribution in [0.25, 0.3) is 0 Å². The normalized spacial score (nSPS) is 16.1. The summed E-state index contributed by atoms with van der Waals surface area (Å²) in [4.78, 5) is 0. The van der Waals surface area contributed by atoms with Gasteiger partial charge in [-0.3, -0.25) is 0 Å². The lowest BCUT2D eigenvalue weighted by atomic mass is 10.9. The van der Waals surface area contributed by atoms with Gasteiger partial charge in [0.25, 0.3) is 0 Å². The molecular formula is C67H200O33Si32. The van der Waals surface area contributed by atoms with Crippen molar-refractivity contribution in [1.82, 2.24) is 0 Å². The third kappa shape index (κ3) is 62.3. The Bertz CT molecular complexity index is 3400. The van der Waals surface area contributed by atoms with Crippen LogP contribution < -0.4 is 0 Å². The van der Waals surface area contributed by atoms with Crippen LogP contribution in [0, 0.1) is 0 Å². The third-order valence-corrected chi connectivity index (χ3v) is 139. The van der Waals surface area contributed by atoms with Gasteiger partial charge >= 0.3 is 266 Å². The van der Waals surface area contributed by atoms with Crippen molar-refractivity contribution >= 4 is 275 Å². The molecule has 33 nitrogen and oxygen atoms in total. The predicted molar refractivity (Wildman–Crippen MR) is 612 cm³/mol. The molecule has 0 amide bonds. The van der Waals surface area contributed by atoms with Crippen molar-refractivity contribution in [2.75, 3.05) is 13.2 Å². The Morgan fingerprint density at radius 1 is 0.114 bits per heavy atom. The largest absolute Gasteiger partial charge is 0.488 e. The minimum absolute atomic E-state index is 0.489. The molecule has 0 aliphatic carbocycles. The zero-order valence-corrected chi connectivity index (χ0v) is 128. The third-order valence-electron chi connectivity index (χ3n) is 16.0. The predicted octanol–water partition coefficient (Wildman–Crippen LogP) is 23.2. The van der Waals surface area contributed by atoms with Crippen molar-refractivity contribution in [3.05, 3.63) is 0 Å². The fourth-order valence-electron chi connectivity index (χ4n) is 19.4. The highest BCUT2D eigenvalue weighted by atomic mass is 28.6. The van der Waals surface area contributed by atoms with Crippen molar-refractivity contribution < 1.29 is 136 Å². The van der Waals surface area contributed by atoms with Crippen LogP contribution in [0.5, 0.6) is 0 Å². The molecule has 0 fully saturated rings. The van der Waals surface area contributed by atoms with Crippen molar-refractivity contribution in [1.29, 1.82) is 0 Å². The first-order valence-corrected chi connectivity index (χ1v) is 136. The highest BCUT2D eigenvalue weighted by Gasteiger charge is 2.59. The van der Waals surface area contributed by atoms with E-state index >= 15 is 0 Å². The summed E-state index contributed by atoms with van der Waals surface area (Å²) in [6, 6.07) is 0. The van der Waals surface area contributed by atoms with Gasteiger partial charge < -0.3 is 136 Å². The molecule has 0 bridgehead atoms. The van der Waals surface area contributed by atoms with Gasteiger partial charge in [0.1, 0.15) is 0 Å². The van der Waals surface area contributed by atoms with Gasteiger partial charge in [0.05, 0.1) is 0 Å². The molecule has 0 rings (SSSR count). The van der Waals surface area contributed by atoms with E-state index in [0.29, 0.717) is 13.2 Å². The van der Waals surface area contributed by atoms with Crippen LogP contribution >= 0.6 is 0 Å². The molecule has 0 aromatic carbocycles. The second-order valence-corrected chi connectivity index (χ2v) is 162. The van der Waals surface area contributed by atoms with E-state index in [1.807, 2.05) is 112 Å². The first-order valence-electron chi connectivity index (χ1n) is 46.7. The Hall–Kier alpha value is 5.62. The Kier molecular flexibility index (Phi) is 49.7. The summed E-state index contributed by atoms with van der Waals surface area (Å²) in [5.74, 6) is 0. The lowest BCUT2D eigenvalue weighted by Crippen LogP contribution is -2.63. The molecule has 0 unspecified atom stereocenters. The second kappa shape index (κ2) is 47.7. The van der Waals surface area contributed by atoms with Gasteiger partial charge in [0, 0.05) is 19.8 Å². The summed E-state index contributed by atoms with van der Waals surface area (Å²) >= 11 is 0. The van der Waals surface area contributed by atoms with Gasteiger partial charge in [0.2, 0.25) is 0 Å². The zero-order valence-electron chi connectivity index (χ0n) is 96.0. The molecule has 0 spiro atoms. The van der Waals surface area contributed by atoms with Gasteiger partial charge in [-0.15, -0.1) is 0 Å². The SMILES string of the molecule is CCO[Si](C)(OCC)O[Si](C)(C)O[Si](C)(C)O[Si](C)(C)O[Si](C)(C)O[Si](C)(C)O[Si](C)(C)O[Si](C)(C)O[Si](C)(C)O[Si](C)(C)O[Si](C)(C)O[Si](C)(C)O[Si](C)(C)O[Si](C)(C)O[Si](C)(C)O[Si](C)(C)O[Si](C)(C)O[Si](C)(C)O[Si](C)(C)O[Si](C)(C)O[Si](C)(C)O[Si](C)(C)O[Si](C)(C)O[Si](C)(C)O[Si](C)(C)O[Si](C)(C)O[Si](C)(C)O[Si](C)(C)O[Si](C)(C)O[Si](C)(C)O[Si](C)(C)O[SiH](C)C. The van der Waals surface area contributed by atoms with Crippen LogP contribution in [0.2, 0.25) is 412 Å². The van der Waals surface area contributed by atoms with E-state index < -0.39 is 275 Å². The lowest BCUT2D eigenvalue weighted by molar-refractivity contribution is 0.111. The lowest BCUT2D eigenvalue weighted by Gasteiger charge is -2.45. The maximum atomic E-state index is 7.04. The second-order valence-electron chi connectivity index (χ2n) is 48.0. The van der Waals surface area contributed by atoms with E-state index in [1.54, 1.807) is 0 Å². The van der Waals surface area contributed by atoms with Crippen LogP contribution in [0.1, 0.15) is 13.8 Å². The molecule has 794 valence electrons. The number of rotatable bonds is 66. The van der Waals surface area contributed by atoms with Crippen LogP contribution in [0.3, 0.4) is 0 Å². The van der Waals surface area contributed by atoms with Crippen molar-refractivity contribution in [3.8, 4) is 0 Å². The molecule has 0 saturated carbocycles. The Labute approximate surface area is 842 Å². The Morgan fingerprint density at radius 2 is 0.182 bits per heavy atom. The zero-order chi connectivity index (χ0) is 106. The van der Waals surface area contributed by atoms with Crippen LogP contribution in [0.15, 0.2) is 0 Å². The smallest absolute Gasteiger partial charge is 0.440 e. The highest BCUT2D eigenvalue weighted by molar-refractivity contribution is 6.99. The first kappa shape index (κ1) is 138. The van der Waals surface area contributed by atoms with Crippen LogP contribution in [-0.2, 0) is 136 Å². The quantitative estimate of drug-likeness (QED) is 0.0511. The molecule has 0 saturated heterocycles. The van der Waals surface area contributed by atoms with E-state index in [2.05, 4.69) is 314 Å². The number of hydrogen-bond acceptors (Lipinski definition) is 33. The molecule has 0 heterocycles. The summed E-state index contributed by atoms with van der Waals surface area (Å²) in [7, 11) is -90.2. The van der Waals surface area contributed by atoms with E-state index in [4.69, 9.17) is 136 Å². The average Bonchev–Trinajstić information content (AvgIpc) is 0.782. The van der Waals surface area contributed by atoms with Gasteiger partial charge in [-0.2, -0.15) is 0 Å². The first-order chi connectivity index (χ1) is 56.8. The van der Waals surface area contributed by atoms with Gasteiger partial charge in [0.15, 0.2) is 9.04 Å². The summed E-state index contributed by atoms with van der Waals surface area (Å²) < 4.78 is 227. The van der Waals surface area contributed by atoms with E-state index in [9.17, 15) is 0 Å². The molecule has 0 aromatic heterocycles.